The molecular weight excluding hydrogens is 663 g/mol. The predicted molar refractivity (Wildman–Crippen MR) is 197 cm³/mol. The summed E-state index contributed by atoms with van der Waals surface area (Å²) in [7, 11) is -3.40. The molecule has 1 atom stereocenters. The molecule has 49 heavy (non-hydrogen) atoms. The molecule has 270 valence electrons. The molecule has 2 amide bonds. The molecule has 10 nitrogen and oxygen atoms in total. The summed E-state index contributed by atoms with van der Waals surface area (Å²) in [6.07, 6.45) is 20.8. The molecule has 4 rings (SSSR count). The van der Waals surface area contributed by atoms with Crippen LogP contribution in [0.1, 0.15) is 111 Å². The molecule has 1 aromatic heterocycles. The highest BCUT2D eigenvalue weighted by atomic mass is 33.1. The van der Waals surface area contributed by atoms with Gasteiger partial charge < -0.3 is 14.5 Å². The fraction of sp³-hybridized carbons (Fsp3) is 0.568. The van der Waals surface area contributed by atoms with Gasteiger partial charge in [0.1, 0.15) is 17.2 Å². The first kappa shape index (κ1) is 38.9. The molecule has 1 saturated heterocycles. The number of hydrogen-bond donors (Lipinski definition) is 3. The van der Waals surface area contributed by atoms with Crippen LogP contribution >= 0.6 is 11.0 Å². The van der Waals surface area contributed by atoms with Crippen LogP contribution in [0.3, 0.4) is 0 Å². The Hall–Kier alpha value is -2.90. The van der Waals surface area contributed by atoms with Gasteiger partial charge in [-0.15, -0.1) is 0 Å². The lowest BCUT2D eigenvalue weighted by Crippen LogP contribution is -2.60. The van der Waals surface area contributed by atoms with Crippen LogP contribution in [-0.4, -0.2) is 54.5 Å². The molecule has 3 aromatic rings. The van der Waals surface area contributed by atoms with Crippen LogP contribution in [0.4, 0.5) is 5.69 Å². The second-order valence-electron chi connectivity index (χ2n) is 13.4. The van der Waals surface area contributed by atoms with Crippen molar-refractivity contribution in [1.82, 2.24) is 9.79 Å². The minimum absolute atomic E-state index is 0.0435. The van der Waals surface area contributed by atoms with Crippen molar-refractivity contribution < 1.29 is 32.4 Å². The Bertz CT molecular complexity index is 1670. The van der Waals surface area contributed by atoms with Crippen molar-refractivity contribution >= 4 is 59.3 Å². The molecule has 2 aromatic carbocycles. The Balaban J connectivity index is 1.24. The highest BCUT2D eigenvalue weighted by molar-refractivity contribution is 8.71. The third kappa shape index (κ3) is 11.3. The van der Waals surface area contributed by atoms with Crippen LogP contribution in [0, 0.1) is 0 Å². The number of carbonyl (C=O) groups excluding carboxylic acids is 2. The van der Waals surface area contributed by atoms with Crippen LogP contribution in [0.2, 0.25) is 0 Å². The number of hydrogen-bond acceptors (Lipinski definition) is 9. The third-order valence-corrected chi connectivity index (χ3v) is 12.3. The summed E-state index contributed by atoms with van der Waals surface area (Å²) >= 11 is 0. The standard InChI is InChI=1S/C37H53N3O7S2/c1-4-5-6-7-8-9-10-11-12-13-14-15-16-17-18-19-34(41)38-28-20-22-30-31-27-29(21-23-32(31)47-33(30)26-28)49(44,45)48-40-24-25-46-37(2,3)35(40)36(42)39-43/h11-12,20-23,26-27,35,43H,4-10,13-19,24-25H2,1-3H3,(H,38,41)(H,39,42)/b12-11-. The van der Waals surface area contributed by atoms with Gasteiger partial charge in [0.25, 0.3) is 5.91 Å². The number of morpholine rings is 1. The molecule has 1 fully saturated rings. The maximum absolute atomic E-state index is 13.5. The van der Waals surface area contributed by atoms with Gasteiger partial charge >= 0.3 is 0 Å². The Labute approximate surface area is 294 Å². The van der Waals surface area contributed by atoms with Gasteiger partial charge in [0.15, 0.2) is 0 Å². The summed E-state index contributed by atoms with van der Waals surface area (Å²) in [5, 5.41) is 13.6. The number of nitrogens with zero attached hydrogens (tertiary/aromatic N) is 1. The summed E-state index contributed by atoms with van der Waals surface area (Å²) in [5.74, 6) is -0.794. The number of furan rings is 1. The first-order valence-corrected chi connectivity index (χ1v) is 20.5. The van der Waals surface area contributed by atoms with Crippen LogP contribution in [0.5, 0.6) is 0 Å². The quantitative estimate of drug-likeness (QED) is 0.0261. The fourth-order valence-electron chi connectivity index (χ4n) is 6.28. The molecule has 1 aliphatic rings. The molecule has 1 unspecified atom stereocenters. The third-order valence-electron chi connectivity index (χ3n) is 8.97. The molecule has 12 heteroatoms. The number of anilines is 1. The predicted octanol–water partition coefficient (Wildman–Crippen LogP) is 8.88. The number of allylic oxidation sites excluding steroid dienone is 2. The van der Waals surface area contributed by atoms with E-state index in [1.54, 1.807) is 43.6 Å². The average Bonchev–Trinajstić information content (AvgIpc) is 3.43. The summed E-state index contributed by atoms with van der Waals surface area (Å²) in [6.45, 7) is 6.00. The molecule has 3 N–H and O–H groups in total. The van der Waals surface area contributed by atoms with Crippen molar-refractivity contribution in [3.8, 4) is 0 Å². The van der Waals surface area contributed by atoms with Gasteiger partial charge in [0, 0.05) is 35.5 Å². The maximum Gasteiger partial charge on any atom is 0.264 e. The zero-order valence-electron chi connectivity index (χ0n) is 29.2. The zero-order chi connectivity index (χ0) is 35.3. The van der Waals surface area contributed by atoms with E-state index in [-0.39, 0.29) is 24.0 Å². The van der Waals surface area contributed by atoms with E-state index < -0.39 is 26.4 Å². The van der Waals surface area contributed by atoms with Crippen LogP contribution in [0.15, 0.2) is 57.9 Å². The van der Waals surface area contributed by atoms with Crippen molar-refractivity contribution in [2.75, 3.05) is 18.5 Å². The highest BCUT2D eigenvalue weighted by Gasteiger charge is 2.46. The van der Waals surface area contributed by atoms with Crippen molar-refractivity contribution in [1.29, 1.82) is 0 Å². The van der Waals surface area contributed by atoms with Crippen molar-refractivity contribution in [2.24, 2.45) is 0 Å². The number of amides is 2. The lowest BCUT2D eigenvalue weighted by Gasteiger charge is -2.43. The van der Waals surface area contributed by atoms with Gasteiger partial charge in [0.2, 0.25) is 14.8 Å². The lowest BCUT2D eigenvalue weighted by molar-refractivity contribution is -0.153. The Morgan fingerprint density at radius 1 is 0.918 bits per heavy atom. The van der Waals surface area contributed by atoms with E-state index >= 15 is 0 Å². The number of benzene rings is 2. The molecule has 0 bridgehead atoms. The van der Waals surface area contributed by atoms with Crippen LogP contribution in [0.25, 0.3) is 21.9 Å². The summed E-state index contributed by atoms with van der Waals surface area (Å²) in [6, 6.07) is 8.96. The summed E-state index contributed by atoms with van der Waals surface area (Å²) < 4.78 is 40.1. The average molecular weight is 716 g/mol. The fourth-order valence-corrected chi connectivity index (χ4v) is 9.51. The van der Waals surface area contributed by atoms with Gasteiger partial charge in [-0.3, -0.25) is 14.8 Å². The van der Waals surface area contributed by atoms with Crippen molar-refractivity contribution in [3.63, 3.8) is 0 Å². The molecular formula is C37H53N3O7S2. The second kappa shape index (κ2) is 18.9. The first-order chi connectivity index (χ1) is 23.6. The topological polar surface area (TPSA) is 138 Å². The minimum Gasteiger partial charge on any atom is -0.456 e. The van der Waals surface area contributed by atoms with E-state index in [9.17, 15) is 23.2 Å². The molecule has 0 aliphatic carbocycles. The minimum atomic E-state index is -3.95. The summed E-state index contributed by atoms with van der Waals surface area (Å²) in [5.41, 5.74) is 2.28. The number of unbranched alkanes of at least 4 members (excludes halogenated alkanes) is 11. The van der Waals surface area contributed by atoms with Gasteiger partial charge in [-0.05, 0) is 76.3 Å². The SMILES string of the molecule is CCCCCCCC/C=C\CCCCCCCC(=O)Nc1ccc2c(c1)oc1ccc(S(=O)(=O)SN3CCOC(C)(C)C3C(=O)NO)cc12. The van der Waals surface area contributed by atoms with Crippen molar-refractivity contribution in [2.45, 2.75) is 127 Å². The van der Waals surface area contributed by atoms with Crippen molar-refractivity contribution in [3.05, 3.63) is 48.6 Å². The second-order valence-corrected chi connectivity index (χ2v) is 17.1. The monoisotopic (exact) mass is 715 g/mol. The number of carbonyl (C=O) groups is 2. The van der Waals surface area contributed by atoms with Gasteiger partial charge in [0.05, 0.1) is 28.1 Å². The number of nitrogens with one attached hydrogen (secondary N) is 2. The van der Waals surface area contributed by atoms with E-state index in [1.807, 2.05) is 6.07 Å². The molecule has 0 radical (unpaired) electrons. The van der Waals surface area contributed by atoms with E-state index in [0.717, 1.165) is 31.1 Å². The lowest BCUT2D eigenvalue weighted by atomic mass is 9.96. The number of rotatable bonds is 20. The van der Waals surface area contributed by atoms with Crippen LogP contribution < -0.4 is 10.8 Å². The number of fused-ring (bicyclic) bond motifs is 3. The highest BCUT2D eigenvalue weighted by Crippen LogP contribution is 2.38. The molecule has 2 heterocycles. The molecule has 0 saturated carbocycles. The zero-order valence-corrected chi connectivity index (χ0v) is 30.8. The largest absolute Gasteiger partial charge is 0.456 e. The Morgan fingerprint density at radius 2 is 1.59 bits per heavy atom. The van der Waals surface area contributed by atoms with E-state index in [2.05, 4.69) is 24.4 Å². The Morgan fingerprint density at radius 3 is 2.29 bits per heavy atom. The number of hydroxylamine groups is 1. The van der Waals surface area contributed by atoms with E-state index in [1.165, 1.54) is 68.2 Å². The van der Waals surface area contributed by atoms with E-state index in [0.29, 0.717) is 39.6 Å². The maximum atomic E-state index is 13.5. The molecule has 0 spiro atoms. The van der Waals surface area contributed by atoms with E-state index in [4.69, 9.17) is 9.15 Å². The first-order valence-electron chi connectivity index (χ1n) is 17.8. The van der Waals surface area contributed by atoms with Gasteiger partial charge in [-0.2, -0.15) is 0 Å². The van der Waals surface area contributed by atoms with Crippen LogP contribution in [-0.2, 0) is 23.2 Å². The summed E-state index contributed by atoms with van der Waals surface area (Å²) in [4.78, 5) is 25.1. The molecule has 1 aliphatic heterocycles. The normalized spacial score (nSPS) is 16.9. The Kier molecular flexibility index (Phi) is 15.0. The number of ether oxygens (including phenoxy) is 1. The van der Waals surface area contributed by atoms with Gasteiger partial charge in [-0.25, -0.2) is 18.2 Å². The van der Waals surface area contributed by atoms with Gasteiger partial charge in [-0.1, -0.05) is 70.4 Å². The smallest absolute Gasteiger partial charge is 0.264 e.